The Balaban J connectivity index is 2.04. The smallest absolute Gasteiger partial charge is 0.313 e. The molecule has 5 heteroatoms. The van der Waals surface area contributed by atoms with Crippen molar-refractivity contribution in [3.8, 4) is 0 Å². The summed E-state index contributed by atoms with van der Waals surface area (Å²) in [6.45, 7) is 2.75. The van der Waals surface area contributed by atoms with Gasteiger partial charge in [0.15, 0.2) is 0 Å². The van der Waals surface area contributed by atoms with Gasteiger partial charge in [0, 0.05) is 38.1 Å². The maximum Gasteiger partial charge on any atom is 0.313 e. The number of anilines is 2. The van der Waals surface area contributed by atoms with Crippen LogP contribution in [0.25, 0.3) is 0 Å². The second-order valence-electron chi connectivity index (χ2n) is 5.96. The quantitative estimate of drug-likeness (QED) is 0.873. The van der Waals surface area contributed by atoms with E-state index in [1.54, 1.807) is 11.0 Å². The number of hydrogen-bond donors (Lipinski definition) is 1. The predicted octanol–water partition coefficient (Wildman–Crippen LogP) is 2.48. The summed E-state index contributed by atoms with van der Waals surface area (Å²) < 4.78 is 0. The summed E-state index contributed by atoms with van der Waals surface area (Å²) in [5, 5.41) is 2.72. The Morgan fingerprint density at radius 1 is 1.32 bits per heavy atom. The molecule has 0 radical (unpaired) electrons. The zero-order chi connectivity index (χ0) is 16.1. The van der Waals surface area contributed by atoms with Crippen molar-refractivity contribution in [3.63, 3.8) is 0 Å². The van der Waals surface area contributed by atoms with Gasteiger partial charge in [-0.25, -0.2) is 0 Å². The van der Waals surface area contributed by atoms with Crippen molar-refractivity contribution in [2.45, 2.75) is 38.6 Å². The highest BCUT2D eigenvalue weighted by atomic mass is 16.2. The monoisotopic (exact) mass is 303 g/mol. The number of nitrogens with zero attached hydrogens (tertiary/aromatic N) is 2. The summed E-state index contributed by atoms with van der Waals surface area (Å²) in [5.74, 6) is -0.960. The van der Waals surface area contributed by atoms with Gasteiger partial charge in [0.2, 0.25) is 0 Å². The van der Waals surface area contributed by atoms with Crippen LogP contribution in [0, 0.1) is 0 Å². The summed E-state index contributed by atoms with van der Waals surface area (Å²) in [4.78, 5) is 28.3. The van der Waals surface area contributed by atoms with Crippen molar-refractivity contribution in [2.75, 3.05) is 30.9 Å². The number of likely N-dealkylation sites (tertiary alicyclic amines) is 1. The molecule has 5 nitrogen and oxygen atoms in total. The van der Waals surface area contributed by atoms with Gasteiger partial charge in [0.05, 0.1) is 0 Å². The van der Waals surface area contributed by atoms with E-state index in [1.807, 2.05) is 37.2 Å². The largest absolute Gasteiger partial charge is 0.378 e. The number of carbonyl (C=O) groups excluding carboxylic acids is 2. The molecule has 2 amide bonds. The van der Waals surface area contributed by atoms with E-state index in [9.17, 15) is 9.59 Å². The summed E-state index contributed by atoms with van der Waals surface area (Å²) in [7, 11) is 3.87. The van der Waals surface area contributed by atoms with E-state index in [0.717, 1.165) is 31.4 Å². The van der Waals surface area contributed by atoms with Gasteiger partial charge in [0.1, 0.15) is 0 Å². The summed E-state index contributed by atoms with van der Waals surface area (Å²) in [5.41, 5.74) is 1.63. The number of carbonyl (C=O) groups is 2. The molecule has 0 spiro atoms. The maximum absolute atomic E-state index is 12.4. The van der Waals surface area contributed by atoms with Crippen LogP contribution in [-0.2, 0) is 9.59 Å². The first-order valence-electron chi connectivity index (χ1n) is 7.92. The molecule has 1 saturated heterocycles. The van der Waals surface area contributed by atoms with Gasteiger partial charge in [-0.2, -0.15) is 0 Å². The molecule has 22 heavy (non-hydrogen) atoms. The minimum atomic E-state index is -0.545. The lowest BCUT2D eigenvalue weighted by Crippen LogP contribution is -2.48. The first kappa shape index (κ1) is 16.3. The van der Waals surface area contributed by atoms with Crippen LogP contribution >= 0.6 is 0 Å². The highest BCUT2D eigenvalue weighted by molar-refractivity contribution is 6.39. The Morgan fingerprint density at radius 3 is 2.77 bits per heavy atom. The van der Waals surface area contributed by atoms with E-state index in [-0.39, 0.29) is 6.04 Å². The third-order valence-corrected chi connectivity index (χ3v) is 4.17. The highest BCUT2D eigenvalue weighted by Crippen LogP contribution is 2.21. The molecule has 0 aliphatic carbocycles. The van der Waals surface area contributed by atoms with Gasteiger partial charge >= 0.3 is 11.8 Å². The van der Waals surface area contributed by atoms with Gasteiger partial charge in [-0.15, -0.1) is 0 Å². The average molecular weight is 303 g/mol. The van der Waals surface area contributed by atoms with Crippen LogP contribution in [0.4, 0.5) is 11.4 Å². The second-order valence-corrected chi connectivity index (χ2v) is 5.96. The summed E-state index contributed by atoms with van der Waals surface area (Å²) in [6, 6.07) is 7.67. The lowest BCUT2D eigenvalue weighted by molar-refractivity contribution is -0.145. The van der Waals surface area contributed by atoms with E-state index in [4.69, 9.17) is 0 Å². The fourth-order valence-corrected chi connectivity index (χ4v) is 2.87. The number of benzene rings is 1. The summed E-state index contributed by atoms with van der Waals surface area (Å²) >= 11 is 0. The van der Waals surface area contributed by atoms with Crippen LogP contribution in [0.3, 0.4) is 0 Å². The number of amides is 2. The number of hydrogen-bond acceptors (Lipinski definition) is 3. The Morgan fingerprint density at radius 2 is 2.09 bits per heavy atom. The van der Waals surface area contributed by atoms with Crippen LogP contribution in [0.1, 0.15) is 32.6 Å². The lowest BCUT2D eigenvalue weighted by atomic mass is 10.00. The predicted molar refractivity (Wildman–Crippen MR) is 89.0 cm³/mol. The van der Waals surface area contributed by atoms with Gasteiger partial charge in [-0.3, -0.25) is 9.59 Å². The van der Waals surface area contributed by atoms with Crippen LogP contribution < -0.4 is 10.2 Å². The Bertz CT molecular complexity index is 542. The Kier molecular flexibility index (Phi) is 5.41. The molecular weight excluding hydrogens is 278 g/mol. The molecule has 1 N–H and O–H groups in total. The zero-order valence-corrected chi connectivity index (χ0v) is 13.6. The van der Waals surface area contributed by atoms with Crippen molar-refractivity contribution < 1.29 is 9.59 Å². The fourth-order valence-electron chi connectivity index (χ4n) is 2.87. The molecule has 1 atom stereocenters. The molecule has 1 aromatic carbocycles. The lowest BCUT2D eigenvalue weighted by Gasteiger charge is -2.34. The van der Waals surface area contributed by atoms with Crippen molar-refractivity contribution in [2.24, 2.45) is 0 Å². The SMILES string of the molecule is CCC1CCCCN1C(=O)C(=O)Nc1cccc(N(C)C)c1. The van der Waals surface area contributed by atoms with Crippen LogP contribution in [-0.4, -0.2) is 43.4 Å². The molecule has 0 saturated carbocycles. The van der Waals surface area contributed by atoms with Crippen molar-refractivity contribution in [3.05, 3.63) is 24.3 Å². The molecule has 1 heterocycles. The molecule has 0 aromatic heterocycles. The number of nitrogens with one attached hydrogen (secondary N) is 1. The number of rotatable bonds is 3. The van der Waals surface area contributed by atoms with E-state index in [2.05, 4.69) is 12.2 Å². The third-order valence-electron chi connectivity index (χ3n) is 4.17. The van der Waals surface area contributed by atoms with Crippen LogP contribution in [0.2, 0.25) is 0 Å². The molecule has 2 rings (SSSR count). The molecule has 120 valence electrons. The third kappa shape index (κ3) is 3.78. The van der Waals surface area contributed by atoms with Gasteiger partial charge in [-0.1, -0.05) is 13.0 Å². The first-order valence-corrected chi connectivity index (χ1v) is 7.92. The fraction of sp³-hybridized carbons (Fsp3) is 0.529. The second kappa shape index (κ2) is 7.29. The Labute approximate surface area is 132 Å². The topological polar surface area (TPSA) is 52.7 Å². The number of piperidine rings is 1. The van der Waals surface area contributed by atoms with Crippen molar-refractivity contribution in [1.29, 1.82) is 0 Å². The van der Waals surface area contributed by atoms with E-state index >= 15 is 0 Å². The van der Waals surface area contributed by atoms with Gasteiger partial charge in [-0.05, 0) is 43.9 Å². The molecule has 1 aliphatic heterocycles. The average Bonchev–Trinajstić information content (AvgIpc) is 2.54. The van der Waals surface area contributed by atoms with Crippen molar-refractivity contribution in [1.82, 2.24) is 4.90 Å². The molecule has 1 fully saturated rings. The highest BCUT2D eigenvalue weighted by Gasteiger charge is 2.29. The molecule has 1 unspecified atom stereocenters. The van der Waals surface area contributed by atoms with Crippen LogP contribution in [0.15, 0.2) is 24.3 Å². The normalized spacial score (nSPS) is 18.0. The zero-order valence-electron chi connectivity index (χ0n) is 13.6. The molecule has 0 bridgehead atoms. The molecule has 1 aliphatic rings. The van der Waals surface area contributed by atoms with E-state index in [0.29, 0.717) is 12.2 Å². The van der Waals surface area contributed by atoms with E-state index < -0.39 is 11.8 Å². The maximum atomic E-state index is 12.4. The molecular formula is C17H25N3O2. The first-order chi connectivity index (χ1) is 10.5. The van der Waals surface area contributed by atoms with Gasteiger partial charge < -0.3 is 15.1 Å². The van der Waals surface area contributed by atoms with Crippen LogP contribution in [0.5, 0.6) is 0 Å². The van der Waals surface area contributed by atoms with E-state index in [1.165, 1.54) is 0 Å². The molecule has 1 aromatic rings. The minimum Gasteiger partial charge on any atom is -0.378 e. The standard InChI is InChI=1S/C17H25N3O2/c1-4-14-9-5-6-11-20(14)17(22)16(21)18-13-8-7-10-15(12-13)19(2)3/h7-8,10,12,14H,4-6,9,11H2,1-3H3,(H,18,21). The van der Waals surface area contributed by atoms with Crippen molar-refractivity contribution >= 4 is 23.2 Å². The minimum absolute atomic E-state index is 0.195. The Hall–Kier alpha value is -2.04. The summed E-state index contributed by atoms with van der Waals surface area (Å²) in [6.07, 6.45) is 4.00. The van der Waals surface area contributed by atoms with Gasteiger partial charge in [0.25, 0.3) is 0 Å².